The number of nitrogens with two attached hydrogens (primary N) is 1. The number of amides is 1. The van der Waals surface area contributed by atoms with Gasteiger partial charge in [-0.2, -0.15) is 0 Å². The third-order valence-electron chi connectivity index (χ3n) is 2.57. The Hall–Kier alpha value is -1.02. The highest BCUT2D eigenvalue weighted by atomic mass is 35.5. The monoisotopic (exact) mass is 211 g/mol. The van der Waals surface area contributed by atoms with Crippen LogP contribution in [0, 0.1) is 5.92 Å². The molecule has 1 aromatic carbocycles. The van der Waals surface area contributed by atoms with Gasteiger partial charge in [-0.15, -0.1) is 0 Å². The van der Waals surface area contributed by atoms with Crippen LogP contribution >= 0.6 is 11.6 Å². The molecule has 2 atom stereocenters. The number of benzene rings is 1. The molecule has 0 saturated carbocycles. The van der Waals surface area contributed by atoms with Crippen LogP contribution in [0.5, 0.6) is 0 Å². The Bertz CT molecular complexity index is 338. The molecule has 3 heteroatoms. The van der Waals surface area contributed by atoms with Crippen molar-refractivity contribution >= 4 is 17.5 Å². The van der Waals surface area contributed by atoms with Crippen LogP contribution in [0.1, 0.15) is 25.3 Å². The zero-order valence-corrected chi connectivity index (χ0v) is 9.08. The van der Waals surface area contributed by atoms with Gasteiger partial charge in [0.05, 0.1) is 0 Å². The second-order valence-electron chi connectivity index (χ2n) is 3.53. The average molecular weight is 212 g/mol. The van der Waals surface area contributed by atoms with E-state index >= 15 is 0 Å². The SMILES string of the molecule is C[C@H](c1cccc(Cl)c1)[C@@H](C)C(N)=O. The first-order valence-electron chi connectivity index (χ1n) is 4.57. The van der Waals surface area contributed by atoms with Crippen molar-refractivity contribution in [2.24, 2.45) is 11.7 Å². The highest BCUT2D eigenvalue weighted by Crippen LogP contribution is 2.25. The molecule has 0 fully saturated rings. The molecule has 0 aliphatic heterocycles. The molecule has 0 radical (unpaired) electrons. The maximum absolute atomic E-state index is 11.0. The van der Waals surface area contributed by atoms with Gasteiger partial charge in [0.1, 0.15) is 0 Å². The molecule has 1 rings (SSSR count). The summed E-state index contributed by atoms with van der Waals surface area (Å²) < 4.78 is 0. The molecule has 1 aromatic rings. The van der Waals surface area contributed by atoms with E-state index in [1.807, 2.05) is 38.1 Å². The second-order valence-corrected chi connectivity index (χ2v) is 3.97. The van der Waals surface area contributed by atoms with Crippen LogP contribution in [0.2, 0.25) is 5.02 Å². The first-order chi connectivity index (χ1) is 6.52. The molecule has 0 heterocycles. The minimum atomic E-state index is -0.280. The van der Waals surface area contributed by atoms with Gasteiger partial charge in [-0.05, 0) is 23.6 Å². The Morgan fingerprint density at radius 3 is 2.57 bits per heavy atom. The quantitative estimate of drug-likeness (QED) is 0.821. The number of carbonyl (C=O) groups excluding carboxylic acids is 1. The zero-order valence-electron chi connectivity index (χ0n) is 8.33. The summed E-state index contributed by atoms with van der Waals surface area (Å²) in [6.07, 6.45) is 0. The van der Waals surface area contributed by atoms with E-state index in [9.17, 15) is 4.79 Å². The van der Waals surface area contributed by atoms with E-state index in [-0.39, 0.29) is 17.7 Å². The predicted octanol–water partition coefficient (Wildman–Crippen LogP) is 2.56. The Morgan fingerprint density at radius 2 is 2.07 bits per heavy atom. The molecule has 1 amide bonds. The van der Waals surface area contributed by atoms with Crippen molar-refractivity contribution in [1.29, 1.82) is 0 Å². The summed E-state index contributed by atoms with van der Waals surface area (Å²) in [4.78, 5) is 11.0. The molecular weight excluding hydrogens is 198 g/mol. The Labute approximate surface area is 89.1 Å². The fourth-order valence-corrected chi connectivity index (χ4v) is 1.52. The summed E-state index contributed by atoms with van der Waals surface area (Å²) in [5.74, 6) is -0.350. The fraction of sp³-hybridized carbons (Fsp3) is 0.364. The highest BCUT2D eigenvalue weighted by molar-refractivity contribution is 6.30. The van der Waals surface area contributed by atoms with E-state index in [1.54, 1.807) is 0 Å². The van der Waals surface area contributed by atoms with Crippen molar-refractivity contribution in [3.63, 3.8) is 0 Å². The summed E-state index contributed by atoms with van der Waals surface area (Å²) in [6.45, 7) is 3.80. The van der Waals surface area contributed by atoms with Crippen LogP contribution < -0.4 is 5.73 Å². The minimum absolute atomic E-state index is 0.103. The Balaban J connectivity index is 2.89. The van der Waals surface area contributed by atoms with Gasteiger partial charge in [0.25, 0.3) is 0 Å². The topological polar surface area (TPSA) is 43.1 Å². The molecule has 0 bridgehead atoms. The molecule has 0 spiro atoms. The molecule has 14 heavy (non-hydrogen) atoms. The molecule has 0 aromatic heterocycles. The number of hydrogen-bond donors (Lipinski definition) is 1. The van der Waals surface area contributed by atoms with Gasteiger partial charge >= 0.3 is 0 Å². The van der Waals surface area contributed by atoms with Gasteiger partial charge in [0.15, 0.2) is 0 Å². The van der Waals surface area contributed by atoms with Crippen molar-refractivity contribution in [2.45, 2.75) is 19.8 Å². The number of primary amides is 1. The molecule has 2 nitrogen and oxygen atoms in total. The second kappa shape index (κ2) is 4.47. The van der Waals surface area contributed by atoms with Crippen LogP contribution in [0.15, 0.2) is 24.3 Å². The van der Waals surface area contributed by atoms with Gasteiger partial charge < -0.3 is 5.73 Å². The third kappa shape index (κ3) is 2.48. The lowest BCUT2D eigenvalue weighted by Gasteiger charge is -2.17. The number of hydrogen-bond acceptors (Lipinski definition) is 1. The van der Waals surface area contributed by atoms with Gasteiger partial charge in [0.2, 0.25) is 5.91 Å². The smallest absolute Gasteiger partial charge is 0.220 e. The van der Waals surface area contributed by atoms with E-state index in [0.717, 1.165) is 5.56 Å². The molecule has 0 unspecified atom stereocenters. The molecule has 0 saturated heterocycles. The molecular formula is C11H14ClNO. The van der Waals surface area contributed by atoms with E-state index in [1.165, 1.54) is 0 Å². The Kier molecular flexibility index (Phi) is 3.53. The first kappa shape index (κ1) is 11.1. The fourth-order valence-electron chi connectivity index (χ4n) is 1.32. The van der Waals surface area contributed by atoms with E-state index in [2.05, 4.69) is 0 Å². The predicted molar refractivity (Wildman–Crippen MR) is 58.2 cm³/mol. The summed E-state index contributed by atoms with van der Waals surface area (Å²) in [5, 5.41) is 0.686. The van der Waals surface area contributed by atoms with E-state index < -0.39 is 0 Å². The summed E-state index contributed by atoms with van der Waals surface area (Å²) >= 11 is 5.86. The maximum atomic E-state index is 11.0. The standard InChI is InChI=1S/C11H14ClNO/c1-7(8(2)11(13)14)9-4-3-5-10(12)6-9/h3-8H,1-2H3,(H2,13,14)/t7-,8+/m0/s1. The largest absolute Gasteiger partial charge is 0.369 e. The normalized spacial score (nSPS) is 14.8. The van der Waals surface area contributed by atoms with Crippen LogP contribution in [0.4, 0.5) is 0 Å². The van der Waals surface area contributed by atoms with Crippen LogP contribution in [0.25, 0.3) is 0 Å². The van der Waals surface area contributed by atoms with Crippen LogP contribution in [-0.4, -0.2) is 5.91 Å². The van der Waals surface area contributed by atoms with Crippen molar-refractivity contribution < 1.29 is 4.79 Å². The third-order valence-corrected chi connectivity index (χ3v) is 2.81. The maximum Gasteiger partial charge on any atom is 0.220 e. The molecule has 0 aliphatic rings. The van der Waals surface area contributed by atoms with E-state index in [4.69, 9.17) is 17.3 Å². The molecule has 0 aliphatic carbocycles. The van der Waals surface area contributed by atoms with Gasteiger partial charge in [-0.1, -0.05) is 37.6 Å². The molecule has 76 valence electrons. The summed E-state index contributed by atoms with van der Waals surface area (Å²) in [6, 6.07) is 7.51. The van der Waals surface area contributed by atoms with Crippen molar-refractivity contribution in [1.82, 2.24) is 0 Å². The van der Waals surface area contributed by atoms with E-state index in [0.29, 0.717) is 5.02 Å². The van der Waals surface area contributed by atoms with Crippen LogP contribution in [-0.2, 0) is 4.79 Å². The molecule has 2 N–H and O–H groups in total. The summed E-state index contributed by atoms with van der Waals surface area (Å²) in [5.41, 5.74) is 6.29. The van der Waals surface area contributed by atoms with Gasteiger partial charge in [0, 0.05) is 10.9 Å². The zero-order chi connectivity index (χ0) is 10.7. The van der Waals surface area contributed by atoms with Crippen molar-refractivity contribution in [3.8, 4) is 0 Å². The lowest BCUT2D eigenvalue weighted by atomic mass is 9.88. The highest BCUT2D eigenvalue weighted by Gasteiger charge is 2.18. The van der Waals surface area contributed by atoms with Crippen LogP contribution in [0.3, 0.4) is 0 Å². The van der Waals surface area contributed by atoms with Crippen molar-refractivity contribution in [2.75, 3.05) is 0 Å². The van der Waals surface area contributed by atoms with Crippen molar-refractivity contribution in [3.05, 3.63) is 34.9 Å². The average Bonchev–Trinajstić information content (AvgIpc) is 2.15. The number of halogens is 1. The number of carbonyl (C=O) groups is 1. The van der Waals surface area contributed by atoms with Gasteiger partial charge in [-0.25, -0.2) is 0 Å². The minimum Gasteiger partial charge on any atom is -0.369 e. The lowest BCUT2D eigenvalue weighted by Crippen LogP contribution is -2.24. The van der Waals surface area contributed by atoms with Gasteiger partial charge in [-0.3, -0.25) is 4.79 Å². The summed E-state index contributed by atoms with van der Waals surface area (Å²) in [7, 11) is 0. The Morgan fingerprint density at radius 1 is 1.43 bits per heavy atom. The number of rotatable bonds is 3. The lowest BCUT2D eigenvalue weighted by molar-refractivity contribution is -0.121. The first-order valence-corrected chi connectivity index (χ1v) is 4.95.